The molecule has 0 aliphatic carbocycles. The Labute approximate surface area is 152 Å². The van der Waals surface area contributed by atoms with Crippen molar-refractivity contribution in [1.82, 2.24) is 9.88 Å². The van der Waals surface area contributed by atoms with Gasteiger partial charge < -0.3 is 10.0 Å². The number of hydrogen-bond acceptors (Lipinski definition) is 3. The van der Waals surface area contributed by atoms with Crippen LogP contribution < -0.4 is 0 Å². The van der Waals surface area contributed by atoms with Crippen molar-refractivity contribution in [3.63, 3.8) is 0 Å². The van der Waals surface area contributed by atoms with Gasteiger partial charge in [-0.15, -0.1) is 0 Å². The van der Waals surface area contributed by atoms with E-state index in [4.69, 9.17) is 4.98 Å². The van der Waals surface area contributed by atoms with E-state index in [0.29, 0.717) is 0 Å². The van der Waals surface area contributed by atoms with Crippen LogP contribution in [0.1, 0.15) is 11.1 Å². The molecule has 0 unspecified atom stereocenters. The van der Waals surface area contributed by atoms with Gasteiger partial charge in [0.25, 0.3) is 0 Å². The number of aromatic nitrogens is 1. The average Bonchev–Trinajstić information content (AvgIpc) is 2.66. The number of likely N-dealkylation sites (N-methyl/N-ethyl adjacent to an activating group) is 1. The standard InChI is InChI=1S/C23H20N2O/c1-25-12-11-19-20(14-25)23(16-6-4-7-17(26)13-16)24-21-10-9-15-5-2-3-8-18(15)22(19)21/h2-10,13,26H,11-12,14H2,1H3. The molecule has 1 aromatic heterocycles. The van der Waals surface area contributed by atoms with Crippen LogP contribution in [0, 0.1) is 0 Å². The second-order valence-electron chi connectivity index (χ2n) is 7.14. The second kappa shape index (κ2) is 5.82. The summed E-state index contributed by atoms with van der Waals surface area (Å²) in [6, 6.07) is 20.3. The number of phenolic OH excluding ortho intramolecular Hbond substituents is 1. The Morgan fingerprint density at radius 3 is 2.73 bits per heavy atom. The highest BCUT2D eigenvalue weighted by Crippen LogP contribution is 2.37. The summed E-state index contributed by atoms with van der Waals surface area (Å²) in [5, 5.41) is 13.8. The van der Waals surface area contributed by atoms with Crippen LogP contribution in [0.25, 0.3) is 32.9 Å². The van der Waals surface area contributed by atoms with Crippen molar-refractivity contribution in [3.05, 3.63) is 71.8 Å². The molecule has 1 aliphatic heterocycles. The molecule has 0 radical (unpaired) electrons. The van der Waals surface area contributed by atoms with E-state index in [-0.39, 0.29) is 5.75 Å². The summed E-state index contributed by atoms with van der Waals surface area (Å²) in [7, 11) is 2.16. The summed E-state index contributed by atoms with van der Waals surface area (Å²) in [6.07, 6.45) is 1.02. The molecular weight excluding hydrogens is 320 g/mol. The van der Waals surface area contributed by atoms with Crippen molar-refractivity contribution in [2.75, 3.05) is 13.6 Å². The van der Waals surface area contributed by atoms with Gasteiger partial charge in [0.15, 0.2) is 0 Å². The Morgan fingerprint density at radius 1 is 0.962 bits per heavy atom. The molecule has 0 bridgehead atoms. The number of nitrogens with zero attached hydrogens (tertiary/aromatic N) is 2. The van der Waals surface area contributed by atoms with Crippen LogP contribution in [-0.2, 0) is 13.0 Å². The van der Waals surface area contributed by atoms with Crippen LogP contribution in [0.4, 0.5) is 0 Å². The summed E-state index contributed by atoms with van der Waals surface area (Å²) in [5.41, 5.74) is 5.69. The highest BCUT2D eigenvalue weighted by Gasteiger charge is 2.22. The van der Waals surface area contributed by atoms with Crippen LogP contribution >= 0.6 is 0 Å². The summed E-state index contributed by atoms with van der Waals surface area (Å²) in [4.78, 5) is 7.39. The number of pyridine rings is 1. The molecule has 1 N–H and O–H groups in total. The maximum Gasteiger partial charge on any atom is 0.116 e. The Bertz CT molecular complexity index is 1150. The van der Waals surface area contributed by atoms with Crippen molar-refractivity contribution in [2.24, 2.45) is 0 Å². The number of phenols is 1. The quantitative estimate of drug-likeness (QED) is 0.508. The molecule has 3 heteroatoms. The van der Waals surface area contributed by atoms with Gasteiger partial charge in [0.05, 0.1) is 11.2 Å². The smallest absolute Gasteiger partial charge is 0.116 e. The van der Waals surface area contributed by atoms with E-state index >= 15 is 0 Å². The van der Waals surface area contributed by atoms with Gasteiger partial charge in [-0.2, -0.15) is 0 Å². The van der Waals surface area contributed by atoms with E-state index in [9.17, 15) is 5.11 Å². The lowest BCUT2D eigenvalue weighted by Gasteiger charge is -2.28. The Balaban J connectivity index is 1.90. The third-order valence-corrected chi connectivity index (χ3v) is 5.38. The van der Waals surface area contributed by atoms with Crippen LogP contribution in [0.5, 0.6) is 5.75 Å². The molecular formula is C23H20N2O. The van der Waals surface area contributed by atoms with Gasteiger partial charge in [0.1, 0.15) is 5.75 Å². The maximum absolute atomic E-state index is 9.95. The van der Waals surface area contributed by atoms with Gasteiger partial charge in [-0.1, -0.05) is 42.5 Å². The number of rotatable bonds is 1. The van der Waals surface area contributed by atoms with Crippen LogP contribution in [0.2, 0.25) is 0 Å². The van der Waals surface area contributed by atoms with Crippen molar-refractivity contribution in [3.8, 4) is 17.0 Å². The fraction of sp³-hybridized carbons (Fsp3) is 0.174. The Hall–Kier alpha value is -2.91. The van der Waals surface area contributed by atoms with Crippen LogP contribution in [-0.4, -0.2) is 28.6 Å². The van der Waals surface area contributed by atoms with Crippen molar-refractivity contribution < 1.29 is 5.11 Å². The molecule has 3 nitrogen and oxygen atoms in total. The Morgan fingerprint density at radius 2 is 1.85 bits per heavy atom. The van der Waals surface area contributed by atoms with E-state index in [1.807, 2.05) is 18.2 Å². The molecule has 0 fully saturated rings. The van der Waals surface area contributed by atoms with Crippen molar-refractivity contribution in [2.45, 2.75) is 13.0 Å². The topological polar surface area (TPSA) is 36.4 Å². The molecule has 128 valence electrons. The number of fused-ring (bicyclic) bond motifs is 5. The van der Waals surface area contributed by atoms with Crippen molar-refractivity contribution in [1.29, 1.82) is 0 Å². The predicted octanol–water partition coefficient (Wildman–Crippen LogP) is 4.75. The average molecular weight is 340 g/mol. The summed E-state index contributed by atoms with van der Waals surface area (Å²) in [5.74, 6) is 0.279. The zero-order chi connectivity index (χ0) is 17.7. The zero-order valence-corrected chi connectivity index (χ0v) is 14.7. The zero-order valence-electron chi connectivity index (χ0n) is 14.7. The molecule has 3 aromatic carbocycles. The van der Waals surface area contributed by atoms with Gasteiger partial charge >= 0.3 is 0 Å². The summed E-state index contributed by atoms with van der Waals surface area (Å²) in [6.45, 7) is 1.93. The minimum absolute atomic E-state index is 0.279. The molecule has 0 spiro atoms. The van der Waals surface area contributed by atoms with Crippen LogP contribution in [0.3, 0.4) is 0 Å². The lowest BCUT2D eigenvalue weighted by Crippen LogP contribution is -2.27. The van der Waals surface area contributed by atoms with E-state index < -0.39 is 0 Å². The van der Waals surface area contributed by atoms with E-state index in [1.54, 1.807) is 6.07 Å². The second-order valence-corrected chi connectivity index (χ2v) is 7.14. The number of aromatic hydroxyl groups is 1. The minimum atomic E-state index is 0.279. The molecule has 26 heavy (non-hydrogen) atoms. The van der Waals surface area contributed by atoms with Gasteiger partial charge in [0.2, 0.25) is 0 Å². The van der Waals surface area contributed by atoms with E-state index in [1.165, 1.54) is 27.3 Å². The molecule has 0 saturated carbocycles. The minimum Gasteiger partial charge on any atom is -0.508 e. The normalized spacial score (nSPS) is 14.7. The first-order chi connectivity index (χ1) is 12.7. The van der Waals surface area contributed by atoms with E-state index in [2.05, 4.69) is 48.3 Å². The monoisotopic (exact) mass is 340 g/mol. The maximum atomic E-state index is 9.95. The van der Waals surface area contributed by atoms with Gasteiger partial charge in [-0.3, -0.25) is 0 Å². The van der Waals surface area contributed by atoms with Gasteiger partial charge in [-0.25, -0.2) is 4.98 Å². The SMILES string of the molecule is CN1CCc2c(c(-c3cccc(O)c3)nc3ccc4ccccc4c23)C1. The molecule has 0 atom stereocenters. The largest absolute Gasteiger partial charge is 0.508 e. The van der Waals surface area contributed by atoms with Gasteiger partial charge in [0, 0.05) is 24.0 Å². The first kappa shape index (κ1) is 15.4. The first-order valence-electron chi connectivity index (χ1n) is 9.02. The van der Waals surface area contributed by atoms with E-state index in [0.717, 1.165) is 36.3 Å². The van der Waals surface area contributed by atoms with Crippen molar-refractivity contribution >= 4 is 21.7 Å². The van der Waals surface area contributed by atoms with Crippen LogP contribution in [0.15, 0.2) is 60.7 Å². The molecule has 1 aliphatic rings. The molecule has 0 saturated heterocycles. The third kappa shape index (κ3) is 2.36. The lowest BCUT2D eigenvalue weighted by atomic mass is 9.89. The molecule has 0 amide bonds. The predicted molar refractivity (Wildman–Crippen MR) is 106 cm³/mol. The molecule has 2 heterocycles. The van der Waals surface area contributed by atoms with Gasteiger partial charge in [-0.05, 0) is 53.6 Å². The first-order valence-corrected chi connectivity index (χ1v) is 9.02. The third-order valence-electron chi connectivity index (χ3n) is 5.38. The number of hydrogen-bond donors (Lipinski definition) is 1. The fourth-order valence-electron chi connectivity index (χ4n) is 4.14. The summed E-state index contributed by atoms with van der Waals surface area (Å²) < 4.78 is 0. The molecule has 4 aromatic rings. The number of benzene rings is 3. The Kier molecular flexibility index (Phi) is 3.44. The highest BCUT2D eigenvalue weighted by molar-refractivity contribution is 6.09. The molecule has 5 rings (SSSR count). The summed E-state index contributed by atoms with van der Waals surface area (Å²) >= 11 is 0. The lowest BCUT2D eigenvalue weighted by molar-refractivity contribution is 0.314. The highest BCUT2D eigenvalue weighted by atomic mass is 16.3. The fourth-order valence-corrected chi connectivity index (χ4v) is 4.14.